The molecule has 0 aliphatic carbocycles. The number of rotatable bonds is 5. The van der Waals surface area contributed by atoms with Crippen LogP contribution in [-0.2, 0) is 11.8 Å². The highest BCUT2D eigenvalue weighted by atomic mass is 35.5. The van der Waals surface area contributed by atoms with Crippen LogP contribution in [0.15, 0.2) is 37.1 Å². The molecule has 0 bridgehead atoms. The van der Waals surface area contributed by atoms with Crippen molar-refractivity contribution in [2.24, 2.45) is 7.05 Å². The number of anilines is 2. The lowest BCUT2D eigenvalue weighted by Gasteiger charge is -2.45. The predicted molar refractivity (Wildman–Crippen MR) is 167 cm³/mol. The molecule has 6 rings (SSSR count). The van der Waals surface area contributed by atoms with Crippen molar-refractivity contribution in [2.75, 3.05) is 50.1 Å². The number of carbonyl (C=O) groups excluding carboxylic acids is 1. The van der Waals surface area contributed by atoms with E-state index in [-0.39, 0.29) is 28.5 Å². The van der Waals surface area contributed by atoms with Gasteiger partial charge in [0.15, 0.2) is 5.82 Å². The number of carbonyl (C=O) groups is 1. The lowest BCUT2D eigenvalue weighted by Crippen LogP contribution is -2.59. The number of aryl methyl sites for hydroxylation is 2. The van der Waals surface area contributed by atoms with Crippen molar-refractivity contribution in [2.45, 2.75) is 38.9 Å². The molecule has 0 saturated carbocycles. The number of piperazine rings is 1. The van der Waals surface area contributed by atoms with Crippen LogP contribution in [0.4, 0.5) is 16.2 Å². The van der Waals surface area contributed by atoms with Crippen LogP contribution in [0, 0.1) is 12.7 Å². The second-order valence-electron chi connectivity index (χ2n) is 11.8. The average Bonchev–Trinajstić information content (AvgIpc) is 3.30. The van der Waals surface area contributed by atoms with E-state index >= 15 is 4.39 Å². The average molecular weight is 591 g/mol. The number of hydrogen-bond donors (Lipinski definition) is 0. The second-order valence-corrected chi connectivity index (χ2v) is 12.2. The molecule has 0 unspecified atom stereocenters. The van der Waals surface area contributed by atoms with Crippen molar-refractivity contribution in [1.29, 1.82) is 0 Å². The first-order valence-electron chi connectivity index (χ1n) is 14.2. The molecule has 11 heteroatoms. The Balaban J connectivity index is 1.55. The number of benzene rings is 2. The summed E-state index contributed by atoms with van der Waals surface area (Å²) in [6.45, 7) is 12.2. The van der Waals surface area contributed by atoms with Gasteiger partial charge in [0.25, 0.3) is 0 Å². The van der Waals surface area contributed by atoms with Crippen molar-refractivity contribution in [1.82, 2.24) is 29.5 Å². The van der Waals surface area contributed by atoms with Crippen molar-refractivity contribution < 1.29 is 9.18 Å². The van der Waals surface area contributed by atoms with Crippen LogP contribution in [0.5, 0.6) is 0 Å². The minimum atomic E-state index is -0.481. The van der Waals surface area contributed by atoms with Gasteiger partial charge >= 0.3 is 0 Å². The summed E-state index contributed by atoms with van der Waals surface area (Å²) in [6.07, 6.45) is 3.12. The molecule has 0 spiro atoms. The van der Waals surface area contributed by atoms with E-state index in [2.05, 4.69) is 40.5 Å². The molecule has 0 N–H and O–H groups in total. The van der Waals surface area contributed by atoms with Gasteiger partial charge in [-0.1, -0.05) is 30.3 Å². The smallest absolute Gasteiger partial charge is 0.246 e. The van der Waals surface area contributed by atoms with E-state index in [1.54, 1.807) is 16.9 Å². The highest BCUT2D eigenvalue weighted by molar-refractivity contribution is 6.35. The lowest BCUT2D eigenvalue weighted by atomic mass is 9.95. The maximum Gasteiger partial charge on any atom is 0.246 e. The van der Waals surface area contributed by atoms with Crippen LogP contribution in [0.1, 0.15) is 19.4 Å². The summed E-state index contributed by atoms with van der Waals surface area (Å²) >= 11 is 6.97. The van der Waals surface area contributed by atoms with Gasteiger partial charge in [0, 0.05) is 73.3 Å². The quantitative estimate of drug-likeness (QED) is 0.313. The highest BCUT2D eigenvalue weighted by Crippen LogP contribution is 2.43. The molecule has 9 nitrogen and oxygen atoms in total. The molecule has 1 amide bonds. The Hall–Kier alpha value is -3.76. The van der Waals surface area contributed by atoms with Crippen LogP contribution in [-0.4, -0.2) is 93.9 Å². The van der Waals surface area contributed by atoms with Crippen LogP contribution >= 0.6 is 11.6 Å². The summed E-state index contributed by atoms with van der Waals surface area (Å²) < 4.78 is 18.7. The first-order valence-corrected chi connectivity index (χ1v) is 14.6. The molecule has 0 radical (unpaired) electrons. The van der Waals surface area contributed by atoms with Gasteiger partial charge in [0.1, 0.15) is 11.3 Å². The zero-order valence-electron chi connectivity index (χ0n) is 24.9. The SMILES string of the molecule is C=CC(=O)N1C[C@H](C)N(c2nc(N3CC(N(C)C)C3)nc3c(F)c(-c4c(C)ccc5cnn(C)c45)c(Cl)cc23)C[C@@H]1C. The van der Waals surface area contributed by atoms with Gasteiger partial charge in [-0.2, -0.15) is 10.1 Å². The Kier molecular flexibility index (Phi) is 7.09. The van der Waals surface area contributed by atoms with E-state index in [1.807, 2.05) is 44.9 Å². The number of hydrogen-bond acceptors (Lipinski definition) is 7. The molecule has 2 aromatic carbocycles. The van der Waals surface area contributed by atoms with Crippen LogP contribution in [0.3, 0.4) is 0 Å². The highest BCUT2D eigenvalue weighted by Gasteiger charge is 2.36. The molecule has 2 atom stereocenters. The third-order valence-electron chi connectivity index (χ3n) is 8.80. The van der Waals surface area contributed by atoms with E-state index in [9.17, 15) is 4.79 Å². The maximum atomic E-state index is 17.0. The third kappa shape index (κ3) is 4.48. The number of halogens is 2. The normalized spacial score (nSPS) is 19.7. The van der Waals surface area contributed by atoms with E-state index in [0.29, 0.717) is 47.4 Å². The zero-order chi connectivity index (χ0) is 30.0. The summed E-state index contributed by atoms with van der Waals surface area (Å²) in [7, 11) is 5.95. The minimum absolute atomic E-state index is 0.0751. The number of likely N-dealkylation sites (N-methyl/N-ethyl adjacent to an activating group) is 1. The van der Waals surface area contributed by atoms with Crippen molar-refractivity contribution in [3.8, 4) is 11.1 Å². The van der Waals surface area contributed by atoms with Crippen molar-refractivity contribution in [3.05, 3.63) is 53.5 Å². The first kappa shape index (κ1) is 28.4. The predicted octanol–water partition coefficient (Wildman–Crippen LogP) is 4.65. The molecule has 4 heterocycles. The number of nitrogens with zero attached hydrogens (tertiary/aromatic N) is 8. The standard InChI is InChI=1S/C31H36ClFN8O/c1-8-24(42)40-13-19(4)41(14-18(40)3)30-22-11-23(32)26(25-17(2)9-10-20-12-34-38(7)29(20)25)27(33)28(22)35-31(36-30)39-15-21(16-39)37(5)6/h8-12,18-19,21H,1,13-16H2,2-7H3/t18-,19-/m0/s1. The molecule has 2 saturated heterocycles. The first-order chi connectivity index (χ1) is 20.0. The van der Waals surface area contributed by atoms with Gasteiger partial charge in [-0.25, -0.2) is 9.37 Å². The van der Waals surface area contributed by atoms with Gasteiger partial charge in [0.2, 0.25) is 11.9 Å². The molecule has 2 aromatic heterocycles. The number of fused-ring (bicyclic) bond motifs is 2. The van der Waals surface area contributed by atoms with Gasteiger partial charge in [-0.05, 0) is 52.6 Å². The Morgan fingerprint density at radius 3 is 2.55 bits per heavy atom. The molecule has 220 valence electrons. The summed E-state index contributed by atoms with van der Waals surface area (Å²) in [6, 6.07) is 5.94. The third-order valence-corrected chi connectivity index (χ3v) is 9.10. The molecular formula is C31H36ClFN8O. The van der Waals surface area contributed by atoms with Crippen molar-refractivity contribution in [3.63, 3.8) is 0 Å². The van der Waals surface area contributed by atoms with Crippen LogP contribution < -0.4 is 9.80 Å². The molecule has 42 heavy (non-hydrogen) atoms. The number of amides is 1. The largest absolute Gasteiger partial charge is 0.349 e. The van der Waals surface area contributed by atoms with E-state index in [0.717, 1.165) is 29.6 Å². The Morgan fingerprint density at radius 1 is 1.12 bits per heavy atom. The lowest BCUT2D eigenvalue weighted by molar-refractivity contribution is -0.128. The van der Waals surface area contributed by atoms with E-state index in [4.69, 9.17) is 21.6 Å². The topological polar surface area (TPSA) is 73.6 Å². The Morgan fingerprint density at radius 2 is 1.86 bits per heavy atom. The fourth-order valence-corrected chi connectivity index (χ4v) is 6.52. The number of aromatic nitrogens is 4. The molecule has 2 fully saturated rings. The van der Waals surface area contributed by atoms with Crippen LogP contribution in [0.25, 0.3) is 32.9 Å². The molecule has 2 aliphatic heterocycles. The second kappa shape index (κ2) is 10.5. The Labute approximate surface area is 250 Å². The summed E-state index contributed by atoms with van der Waals surface area (Å²) in [5.41, 5.74) is 2.94. The van der Waals surface area contributed by atoms with Crippen molar-refractivity contribution >= 4 is 51.1 Å². The molecule has 4 aromatic rings. The monoisotopic (exact) mass is 590 g/mol. The van der Waals surface area contributed by atoms with Gasteiger partial charge in [-0.15, -0.1) is 0 Å². The van der Waals surface area contributed by atoms with E-state index < -0.39 is 5.82 Å². The van der Waals surface area contributed by atoms with Gasteiger partial charge in [0.05, 0.1) is 16.7 Å². The summed E-state index contributed by atoms with van der Waals surface area (Å²) in [4.78, 5) is 30.6. The Bertz CT molecular complexity index is 1730. The fraction of sp³-hybridized carbons (Fsp3) is 0.419. The van der Waals surface area contributed by atoms with E-state index in [1.165, 1.54) is 6.08 Å². The molecular weight excluding hydrogens is 555 g/mol. The van der Waals surface area contributed by atoms with Crippen LogP contribution in [0.2, 0.25) is 5.02 Å². The summed E-state index contributed by atoms with van der Waals surface area (Å²) in [5.74, 6) is 0.528. The molecule has 2 aliphatic rings. The minimum Gasteiger partial charge on any atom is -0.349 e. The summed E-state index contributed by atoms with van der Waals surface area (Å²) in [5, 5.41) is 6.15. The zero-order valence-corrected chi connectivity index (χ0v) is 25.7. The maximum absolute atomic E-state index is 17.0. The van der Waals surface area contributed by atoms with Gasteiger partial charge in [-0.3, -0.25) is 9.48 Å². The van der Waals surface area contributed by atoms with Gasteiger partial charge < -0.3 is 19.6 Å². The fourth-order valence-electron chi connectivity index (χ4n) is 6.23.